The number of imidazole rings is 1. The number of carbonyl (C=O) groups excluding carboxylic acids is 2. The fourth-order valence-electron chi connectivity index (χ4n) is 1.64. The standard InChI is InChI=1S/C13H16N4O3S/c1-2-20-13(19)12-16-10(8-21-12)11(18)15-4-3-6-17-7-5-14-9-17/h5,7-9H,2-4,6H2,1H3,(H,15,18). The Labute approximate surface area is 126 Å². The van der Waals surface area contributed by atoms with Crippen molar-refractivity contribution in [3.05, 3.63) is 34.8 Å². The van der Waals surface area contributed by atoms with E-state index in [9.17, 15) is 9.59 Å². The molecule has 0 bridgehead atoms. The second-order valence-corrected chi connectivity index (χ2v) is 5.03. The van der Waals surface area contributed by atoms with Gasteiger partial charge in [-0.2, -0.15) is 0 Å². The number of ether oxygens (including phenoxy) is 1. The maximum absolute atomic E-state index is 11.9. The molecular formula is C13H16N4O3S. The average Bonchev–Trinajstić information content (AvgIpc) is 3.14. The maximum atomic E-state index is 11.9. The van der Waals surface area contributed by atoms with Crippen LogP contribution in [0.4, 0.5) is 0 Å². The second-order valence-electron chi connectivity index (χ2n) is 4.17. The number of aromatic nitrogens is 3. The van der Waals surface area contributed by atoms with Gasteiger partial charge in [-0.1, -0.05) is 0 Å². The van der Waals surface area contributed by atoms with Gasteiger partial charge in [0.15, 0.2) is 0 Å². The quantitative estimate of drug-likeness (QED) is 0.616. The Morgan fingerprint density at radius 1 is 1.48 bits per heavy atom. The highest BCUT2D eigenvalue weighted by Gasteiger charge is 2.15. The molecule has 0 aliphatic rings. The number of esters is 1. The fraction of sp³-hybridized carbons (Fsp3) is 0.385. The van der Waals surface area contributed by atoms with Gasteiger partial charge in [0.1, 0.15) is 5.69 Å². The van der Waals surface area contributed by atoms with Crippen molar-refractivity contribution < 1.29 is 14.3 Å². The van der Waals surface area contributed by atoms with E-state index in [4.69, 9.17) is 4.74 Å². The molecular weight excluding hydrogens is 292 g/mol. The fourth-order valence-corrected chi connectivity index (χ4v) is 2.33. The summed E-state index contributed by atoms with van der Waals surface area (Å²) in [7, 11) is 0. The number of carbonyl (C=O) groups is 2. The number of nitrogens with zero attached hydrogens (tertiary/aromatic N) is 3. The predicted molar refractivity (Wildman–Crippen MR) is 77.2 cm³/mol. The van der Waals surface area contributed by atoms with E-state index >= 15 is 0 Å². The van der Waals surface area contributed by atoms with Crippen LogP contribution < -0.4 is 5.32 Å². The number of amides is 1. The Kier molecular flexibility index (Phi) is 5.44. The normalized spacial score (nSPS) is 10.3. The van der Waals surface area contributed by atoms with Gasteiger partial charge in [-0.05, 0) is 13.3 Å². The molecule has 2 heterocycles. The van der Waals surface area contributed by atoms with Crippen LogP contribution in [-0.4, -0.2) is 39.6 Å². The van der Waals surface area contributed by atoms with Crippen LogP contribution in [-0.2, 0) is 11.3 Å². The molecule has 21 heavy (non-hydrogen) atoms. The highest BCUT2D eigenvalue weighted by Crippen LogP contribution is 2.11. The summed E-state index contributed by atoms with van der Waals surface area (Å²) < 4.78 is 6.77. The van der Waals surface area contributed by atoms with E-state index in [0.29, 0.717) is 6.54 Å². The van der Waals surface area contributed by atoms with Crippen LogP contribution in [0.5, 0.6) is 0 Å². The Morgan fingerprint density at radius 2 is 2.33 bits per heavy atom. The van der Waals surface area contributed by atoms with Gasteiger partial charge in [-0.15, -0.1) is 11.3 Å². The molecule has 0 aliphatic carbocycles. The third-order valence-electron chi connectivity index (χ3n) is 2.62. The first-order valence-corrected chi connectivity index (χ1v) is 7.45. The molecule has 112 valence electrons. The maximum Gasteiger partial charge on any atom is 0.367 e. The lowest BCUT2D eigenvalue weighted by Gasteiger charge is -2.03. The minimum absolute atomic E-state index is 0.195. The molecule has 1 amide bonds. The van der Waals surface area contributed by atoms with Gasteiger partial charge in [0, 0.05) is 30.9 Å². The number of nitrogens with one attached hydrogen (secondary N) is 1. The third-order valence-corrected chi connectivity index (χ3v) is 3.45. The molecule has 7 nitrogen and oxygen atoms in total. The van der Waals surface area contributed by atoms with Gasteiger partial charge >= 0.3 is 5.97 Å². The van der Waals surface area contributed by atoms with Gasteiger partial charge in [-0.3, -0.25) is 4.79 Å². The van der Waals surface area contributed by atoms with Gasteiger partial charge in [0.05, 0.1) is 12.9 Å². The Hall–Kier alpha value is -2.22. The van der Waals surface area contributed by atoms with Crippen molar-refractivity contribution in [2.45, 2.75) is 19.9 Å². The predicted octanol–water partition coefficient (Wildman–Crippen LogP) is 1.34. The topological polar surface area (TPSA) is 86.1 Å². The molecule has 1 N–H and O–H groups in total. The summed E-state index contributed by atoms with van der Waals surface area (Å²) >= 11 is 1.10. The van der Waals surface area contributed by atoms with Crippen molar-refractivity contribution in [3.63, 3.8) is 0 Å². The first kappa shape index (κ1) is 15.2. The van der Waals surface area contributed by atoms with E-state index in [1.54, 1.807) is 24.8 Å². The number of hydrogen-bond acceptors (Lipinski definition) is 6. The zero-order valence-electron chi connectivity index (χ0n) is 11.6. The molecule has 0 radical (unpaired) electrons. The summed E-state index contributed by atoms with van der Waals surface area (Å²) in [6, 6.07) is 0. The highest BCUT2D eigenvalue weighted by molar-refractivity contribution is 7.11. The van der Waals surface area contributed by atoms with Gasteiger partial charge in [0.25, 0.3) is 5.91 Å². The molecule has 0 unspecified atom stereocenters. The molecule has 0 atom stereocenters. The Bertz CT molecular complexity index is 594. The van der Waals surface area contributed by atoms with Crippen LogP contribution in [0, 0.1) is 0 Å². The van der Waals surface area contributed by atoms with Crippen LogP contribution >= 0.6 is 11.3 Å². The molecule has 0 aliphatic heterocycles. The summed E-state index contributed by atoms with van der Waals surface area (Å²) in [5, 5.41) is 4.51. The lowest BCUT2D eigenvalue weighted by atomic mass is 10.4. The molecule has 2 aromatic heterocycles. The molecule has 0 saturated heterocycles. The van der Waals surface area contributed by atoms with Crippen LogP contribution in [0.1, 0.15) is 33.6 Å². The summed E-state index contributed by atoms with van der Waals surface area (Å²) in [6.45, 7) is 3.32. The first-order chi connectivity index (χ1) is 10.2. The Balaban J connectivity index is 1.76. The molecule has 2 rings (SSSR count). The molecule has 8 heteroatoms. The van der Waals surface area contributed by atoms with Gasteiger partial charge < -0.3 is 14.6 Å². The molecule has 0 fully saturated rings. The van der Waals surface area contributed by atoms with Crippen LogP contribution in [0.3, 0.4) is 0 Å². The second kappa shape index (κ2) is 7.53. The highest BCUT2D eigenvalue weighted by atomic mass is 32.1. The smallest absolute Gasteiger partial charge is 0.367 e. The van der Waals surface area contributed by atoms with E-state index < -0.39 is 5.97 Å². The molecule has 0 aromatic carbocycles. The van der Waals surface area contributed by atoms with Crippen molar-refractivity contribution in [1.82, 2.24) is 19.9 Å². The lowest BCUT2D eigenvalue weighted by molar-refractivity contribution is 0.0526. The average molecular weight is 308 g/mol. The van der Waals surface area contributed by atoms with E-state index in [-0.39, 0.29) is 23.2 Å². The summed E-state index contributed by atoms with van der Waals surface area (Å²) in [5.41, 5.74) is 0.241. The zero-order chi connectivity index (χ0) is 15.1. The largest absolute Gasteiger partial charge is 0.461 e. The molecule has 0 spiro atoms. The van der Waals surface area contributed by atoms with Crippen molar-refractivity contribution in [2.24, 2.45) is 0 Å². The van der Waals surface area contributed by atoms with Crippen molar-refractivity contribution in [1.29, 1.82) is 0 Å². The minimum atomic E-state index is -0.498. The zero-order valence-corrected chi connectivity index (χ0v) is 12.4. The Morgan fingerprint density at radius 3 is 3.05 bits per heavy atom. The van der Waals surface area contributed by atoms with Crippen LogP contribution in [0.15, 0.2) is 24.1 Å². The minimum Gasteiger partial charge on any atom is -0.461 e. The summed E-state index contributed by atoms with van der Waals surface area (Å²) in [4.78, 5) is 31.2. The van der Waals surface area contributed by atoms with E-state index in [1.807, 2.05) is 10.8 Å². The van der Waals surface area contributed by atoms with Crippen molar-refractivity contribution >= 4 is 23.2 Å². The third kappa shape index (κ3) is 4.38. The van der Waals surface area contributed by atoms with E-state index in [0.717, 1.165) is 24.3 Å². The number of hydrogen-bond donors (Lipinski definition) is 1. The molecule has 2 aromatic rings. The van der Waals surface area contributed by atoms with Gasteiger partial charge in [-0.25, -0.2) is 14.8 Å². The number of aryl methyl sites for hydroxylation is 1. The SMILES string of the molecule is CCOC(=O)c1nc(C(=O)NCCCn2ccnc2)cs1. The monoisotopic (exact) mass is 308 g/mol. The molecule has 0 saturated carbocycles. The van der Waals surface area contributed by atoms with Crippen LogP contribution in [0.2, 0.25) is 0 Å². The van der Waals surface area contributed by atoms with E-state index in [1.165, 1.54) is 0 Å². The van der Waals surface area contributed by atoms with Crippen LogP contribution in [0.25, 0.3) is 0 Å². The first-order valence-electron chi connectivity index (χ1n) is 6.57. The summed E-state index contributed by atoms with van der Waals surface area (Å²) in [5.74, 6) is -0.783. The van der Waals surface area contributed by atoms with E-state index in [2.05, 4.69) is 15.3 Å². The van der Waals surface area contributed by atoms with Crippen molar-refractivity contribution in [3.8, 4) is 0 Å². The van der Waals surface area contributed by atoms with Gasteiger partial charge in [0.2, 0.25) is 5.01 Å². The summed E-state index contributed by atoms with van der Waals surface area (Å²) in [6.07, 6.45) is 6.10. The lowest BCUT2D eigenvalue weighted by Crippen LogP contribution is -2.25. The number of rotatable bonds is 7. The van der Waals surface area contributed by atoms with Crippen molar-refractivity contribution in [2.75, 3.05) is 13.2 Å². The number of thiazole rings is 1.